The number of nitrogens with one attached hydrogen (secondary N) is 1. The highest BCUT2D eigenvalue weighted by atomic mass is 16.6. The first-order chi connectivity index (χ1) is 14.4. The van der Waals surface area contributed by atoms with Gasteiger partial charge in [0, 0.05) is 5.56 Å². The van der Waals surface area contributed by atoms with Crippen molar-refractivity contribution in [1.29, 1.82) is 0 Å². The van der Waals surface area contributed by atoms with E-state index in [-0.39, 0.29) is 29.3 Å². The zero-order chi connectivity index (χ0) is 21.7. The summed E-state index contributed by atoms with van der Waals surface area (Å²) in [6.45, 7) is 0.224. The number of ether oxygens (including phenoxy) is 1. The summed E-state index contributed by atoms with van der Waals surface area (Å²) in [7, 11) is 1.50. The number of carbonyl (C=O) groups is 1. The molecule has 0 aliphatic rings. The van der Waals surface area contributed by atoms with Gasteiger partial charge in [0.2, 0.25) is 0 Å². The molecule has 0 fully saturated rings. The summed E-state index contributed by atoms with van der Waals surface area (Å²) in [5.74, 6) is -0.600. The topological polar surface area (TPSA) is 152 Å². The van der Waals surface area contributed by atoms with Gasteiger partial charge in [-0.3, -0.25) is 19.6 Å². The fourth-order valence-electron chi connectivity index (χ4n) is 2.64. The van der Waals surface area contributed by atoms with Crippen LogP contribution in [0.4, 0.5) is 5.69 Å². The lowest BCUT2D eigenvalue weighted by atomic mass is 10.1. The van der Waals surface area contributed by atoms with E-state index in [9.17, 15) is 25.1 Å². The predicted octanol–water partition coefficient (Wildman–Crippen LogP) is 2.02. The second kappa shape index (κ2) is 8.73. The molecule has 1 heterocycles. The first kappa shape index (κ1) is 20.3. The number of phenolic OH excluding ortho intramolecular Hbond substituents is 2. The molecule has 0 unspecified atom stereocenters. The number of benzene rings is 2. The van der Waals surface area contributed by atoms with Gasteiger partial charge in [0.1, 0.15) is 29.6 Å². The van der Waals surface area contributed by atoms with Crippen molar-refractivity contribution < 1.29 is 24.7 Å². The highest BCUT2D eigenvalue weighted by Crippen LogP contribution is 2.22. The molecule has 0 bridgehead atoms. The molecule has 1 aromatic heterocycles. The standard InChI is InChI=1S/C19H17N5O6/c1-30-18-5-2-12(6-13(18)10-23-11-14(9-21-23)24(28)29)8-20-22-19(27)16-7-15(25)3-4-17(16)26/h2-9,11,25-26H,10H2,1H3,(H,22,27)/b20-8+. The molecule has 30 heavy (non-hydrogen) atoms. The summed E-state index contributed by atoms with van der Waals surface area (Å²) in [5, 5.41) is 37.8. The molecule has 3 aromatic rings. The van der Waals surface area contributed by atoms with E-state index in [2.05, 4.69) is 15.6 Å². The number of hydrogen-bond donors (Lipinski definition) is 3. The summed E-state index contributed by atoms with van der Waals surface area (Å²) < 4.78 is 6.72. The molecule has 11 heteroatoms. The van der Waals surface area contributed by atoms with Crippen LogP contribution in [0.15, 0.2) is 53.9 Å². The van der Waals surface area contributed by atoms with E-state index in [1.807, 2.05) is 0 Å². The van der Waals surface area contributed by atoms with Crippen molar-refractivity contribution in [2.75, 3.05) is 7.11 Å². The van der Waals surface area contributed by atoms with Gasteiger partial charge in [0.25, 0.3) is 5.91 Å². The van der Waals surface area contributed by atoms with E-state index in [1.54, 1.807) is 18.2 Å². The van der Waals surface area contributed by atoms with E-state index in [0.717, 1.165) is 12.3 Å². The van der Waals surface area contributed by atoms with Gasteiger partial charge < -0.3 is 14.9 Å². The van der Waals surface area contributed by atoms with Gasteiger partial charge >= 0.3 is 5.69 Å². The number of aromatic hydroxyl groups is 2. The quantitative estimate of drug-likeness (QED) is 0.233. The number of nitrogens with zero attached hydrogens (tertiary/aromatic N) is 4. The van der Waals surface area contributed by atoms with E-state index in [1.165, 1.54) is 36.3 Å². The minimum absolute atomic E-state index is 0.121. The molecular weight excluding hydrogens is 394 g/mol. The Hall–Kier alpha value is -4.41. The van der Waals surface area contributed by atoms with Crippen molar-refractivity contribution in [1.82, 2.24) is 15.2 Å². The molecule has 0 saturated heterocycles. The Morgan fingerprint density at radius 3 is 2.83 bits per heavy atom. The van der Waals surface area contributed by atoms with Crippen LogP contribution in [0.5, 0.6) is 17.2 Å². The predicted molar refractivity (Wildman–Crippen MR) is 106 cm³/mol. The van der Waals surface area contributed by atoms with E-state index in [4.69, 9.17) is 4.74 Å². The van der Waals surface area contributed by atoms with Crippen LogP contribution >= 0.6 is 0 Å². The van der Waals surface area contributed by atoms with Gasteiger partial charge in [0.05, 0.1) is 30.4 Å². The number of rotatable bonds is 7. The van der Waals surface area contributed by atoms with Gasteiger partial charge in [-0.25, -0.2) is 5.43 Å². The Morgan fingerprint density at radius 2 is 2.13 bits per heavy atom. The molecule has 0 aliphatic heterocycles. The maximum Gasteiger partial charge on any atom is 0.307 e. The maximum absolute atomic E-state index is 12.1. The van der Waals surface area contributed by atoms with Crippen molar-refractivity contribution in [3.05, 3.63) is 75.6 Å². The second-order valence-corrected chi connectivity index (χ2v) is 6.13. The number of methoxy groups -OCH3 is 1. The Balaban J connectivity index is 1.74. The highest BCUT2D eigenvalue weighted by Gasteiger charge is 2.12. The van der Waals surface area contributed by atoms with Gasteiger partial charge in [-0.1, -0.05) is 0 Å². The smallest absolute Gasteiger partial charge is 0.307 e. The monoisotopic (exact) mass is 411 g/mol. The molecule has 0 radical (unpaired) electrons. The van der Waals surface area contributed by atoms with Crippen LogP contribution in [-0.4, -0.2) is 44.1 Å². The van der Waals surface area contributed by atoms with Crippen LogP contribution in [0.3, 0.4) is 0 Å². The number of phenols is 2. The van der Waals surface area contributed by atoms with Crippen LogP contribution in [0.25, 0.3) is 0 Å². The number of carbonyl (C=O) groups excluding carboxylic acids is 1. The summed E-state index contributed by atoms with van der Waals surface area (Å²) in [5.41, 5.74) is 3.33. The van der Waals surface area contributed by atoms with E-state index in [0.29, 0.717) is 16.9 Å². The first-order valence-corrected chi connectivity index (χ1v) is 8.56. The number of nitro groups is 1. The molecule has 0 atom stereocenters. The van der Waals surface area contributed by atoms with Gasteiger partial charge in [-0.2, -0.15) is 10.2 Å². The van der Waals surface area contributed by atoms with Crippen LogP contribution in [0, 0.1) is 10.1 Å². The summed E-state index contributed by atoms with van der Waals surface area (Å²) in [4.78, 5) is 22.4. The van der Waals surface area contributed by atoms with Crippen molar-refractivity contribution >= 4 is 17.8 Å². The lowest BCUT2D eigenvalue weighted by Gasteiger charge is -2.09. The molecule has 3 N–H and O–H groups in total. The zero-order valence-corrected chi connectivity index (χ0v) is 15.7. The fraction of sp³-hybridized carbons (Fsp3) is 0.105. The Kier molecular flexibility index (Phi) is 5.92. The molecule has 2 aromatic carbocycles. The van der Waals surface area contributed by atoms with E-state index >= 15 is 0 Å². The number of hydrazone groups is 1. The van der Waals surface area contributed by atoms with Gasteiger partial charge in [-0.05, 0) is 42.0 Å². The molecule has 0 saturated carbocycles. The second-order valence-electron chi connectivity index (χ2n) is 6.13. The zero-order valence-electron chi connectivity index (χ0n) is 15.7. The highest BCUT2D eigenvalue weighted by molar-refractivity contribution is 5.97. The first-order valence-electron chi connectivity index (χ1n) is 8.56. The normalized spacial score (nSPS) is 10.8. The van der Waals surface area contributed by atoms with Gasteiger partial charge in [0.15, 0.2) is 0 Å². The molecule has 1 amide bonds. The van der Waals surface area contributed by atoms with Crippen molar-refractivity contribution in [2.24, 2.45) is 5.10 Å². The Labute approximate surface area is 170 Å². The molecule has 3 rings (SSSR count). The third-order valence-electron chi connectivity index (χ3n) is 4.07. The molecule has 11 nitrogen and oxygen atoms in total. The number of aromatic nitrogens is 2. The van der Waals surface area contributed by atoms with E-state index < -0.39 is 10.8 Å². The summed E-state index contributed by atoms with van der Waals surface area (Å²) in [6, 6.07) is 8.70. The van der Waals surface area contributed by atoms with Crippen LogP contribution in [0.1, 0.15) is 21.5 Å². The molecule has 154 valence electrons. The summed E-state index contributed by atoms with van der Waals surface area (Å²) in [6.07, 6.45) is 3.85. The van der Waals surface area contributed by atoms with Crippen molar-refractivity contribution in [3.63, 3.8) is 0 Å². The minimum Gasteiger partial charge on any atom is -0.508 e. The van der Waals surface area contributed by atoms with Crippen LogP contribution < -0.4 is 10.2 Å². The Bertz CT molecular complexity index is 1120. The lowest BCUT2D eigenvalue weighted by molar-refractivity contribution is -0.385. The largest absolute Gasteiger partial charge is 0.508 e. The third-order valence-corrected chi connectivity index (χ3v) is 4.07. The molecular formula is C19H17N5O6. The minimum atomic E-state index is -0.697. The van der Waals surface area contributed by atoms with Crippen molar-refractivity contribution in [3.8, 4) is 17.2 Å². The number of hydrogen-bond acceptors (Lipinski definition) is 8. The average molecular weight is 411 g/mol. The number of amides is 1. The maximum atomic E-state index is 12.1. The van der Waals surface area contributed by atoms with Crippen molar-refractivity contribution in [2.45, 2.75) is 6.54 Å². The molecule has 0 aliphatic carbocycles. The SMILES string of the molecule is COc1ccc(/C=N/NC(=O)c2cc(O)ccc2O)cc1Cn1cc([N+](=O)[O-])cn1. The Morgan fingerprint density at radius 1 is 1.33 bits per heavy atom. The van der Waals surface area contributed by atoms with Gasteiger partial charge in [-0.15, -0.1) is 0 Å². The van der Waals surface area contributed by atoms with Crippen LogP contribution in [-0.2, 0) is 6.54 Å². The molecule has 0 spiro atoms. The fourth-order valence-corrected chi connectivity index (χ4v) is 2.64. The van der Waals surface area contributed by atoms with Crippen LogP contribution in [0.2, 0.25) is 0 Å². The lowest BCUT2D eigenvalue weighted by Crippen LogP contribution is -2.17. The summed E-state index contributed by atoms with van der Waals surface area (Å²) >= 11 is 0. The average Bonchev–Trinajstić information content (AvgIpc) is 3.19. The third kappa shape index (κ3) is 4.70.